The quantitative estimate of drug-likeness (QED) is 0.639. The van der Waals surface area contributed by atoms with Gasteiger partial charge in [0.15, 0.2) is 5.96 Å². The van der Waals surface area contributed by atoms with E-state index in [0.717, 1.165) is 38.8 Å². The third kappa shape index (κ3) is 4.71. The van der Waals surface area contributed by atoms with Gasteiger partial charge in [-0.05, 0) is 24.9 Å². The summed E-state index contributed by atoms with van der Waals surface area (Å²) in [5.74, 6) is 0.912. The summed E-state index contributed by atoms with van der Waals surface area (Å²) >= 11 is 0. The first-order valence-corrected chi connectivity index (χ1v) is 8.98. The van der Waals surface area contributed by atoms with Crippen LogP contribution in [0.5, 0.6) is 0 Å². The van der Waals surface area contributed by atoms with Gasteiger partial charge < -0.3 is 15.4 Å². The molecule has 132 valence electrons. The number of hydrogen-bond acceptors (Lipinski definition) is 3. The van der Waals surface area contributed by atoms with Gasteiger partial charge in [-0.2, -0.15) is 0 Å². The number of guanidine groups is 1. The highest BCUT2D eigenvalue weighted by Gasteiger charge is 2.33. The average Bonchev–Trinajstić information content (AvgIpc) is 2.58. The number of likely N-dealkylation sites (tertiary alicyclic amines) is 1. The molecule has 2 aliphatic rings. The second-order valence-corrected chi connectivity index (χ2v) is 7.43. The van der Waals surface area contributed by atoms with Gasteiger partial charge in [0.2, 0.25) is 0 Å². The van der Waals surface area contributed by atoms with Crippen LogP contribution in [0, 0.1) is 5.41 Å². The van der Waals surface area contributed by atoms with E-state index in [1.54, 1.807) is 0 Å². The van der Waals surface area contributed by atoms with Gasteiger partial charge in [-0.3, -0.25) is 9.89 Å². The first-order valence-electron chi connectivity index (χ1n) is 8.98. The highest BCUT2D eigenvalue weighted by molar-refractivity contribution is 5.80. The summed E-state index contributed by atoms with van der Waals surface area (Å²) in [5, 5.41) is 7.06. The van der Waals surface area contributed by atoms with E-state index in [2.05, 4.69) is 57.8 Å². The van der Waals surface area contributed by atoms with E-state index >= 15 is 0 Å². The number of benzene rings is 1. The Hall–Kier alpha value is -1.59. The number of nitrogens with one attached hydrogen (secondary N) is 2. The van der Waals surface area contributed by atoms with Crippen molar-refractivity contribution in [2.45, 2.75) is 32.4 Å². The number of rotatable bonds is 5. The highest BCUT2D eigenvalue weighted by atomic mass is 16.5. The maximum absolute atomic E-state index is 5.32. The maximum atomic E-state index is 5.32. The van der Waals surface area contributed by atoms with Gasteiger partial charge in [-0.25, -0.2) is 0 Å². The minimum absolute atomic E-state index is 0.254. The Morgan fingerprint density at radius 1 is 1.33 bits per heavy atom. The minimum atomic E-state index is 0.254. The molecule has 2 saturated heterocycles. The molecule has 1 aromatic rings. The second kappa shape index (κ2) is 7.99. The monoisotopic (exact) mass is 330 g/mol. The van der Waals surface area contributed by atoms with Gasteiger partial charge in [0.25, 0.3) is 0 Å². The van der Waals surface area contributed by atoms with Gasteiger partial charge >= 0.3 is 0 Å². The van der Waals surface area contributed by atoms with Crippen LogP contribution >= 0.6 is 0 Å². The summed E-state index contributed by atoms with van der Waals surface area (Å²) in [6, 6.07) is 11.2. The lowest BCUT2D eigenvalue weighted by Gasteiger charge is -2.39. The summed E-state index contributed by atoms with van der Waals surface area (Å²) in [4.78, 5) is 6.92. The zero-order valence-electron chi connectivity index (χ0n) is 14.9. The van der Waals surface area contributed by atoms with E-state index in [0.29, 0.717) is 6.04 Å². The van der Waals surface area contributed by atoms with Crippen LogP contribution in [0.15, 0.2) is 35.3 Å². The number of piperidine rings is 1. The molecule has 24 heavy (non-hydrogen) atoms. The lowest BCUT2D eigenvalue weighted by atomic mass is 9.89. The van der Waals surface area contributed by atoms with Crippen LogP contribution < -0.4 is 10.6 Å². The van der Waals surface area contributed by atoms with Crippen molar-refractivity contribution in [1.29, 1.82) is 0 Å². The molecule has 2 aliphatic heterocycles. The molecule has 2 fully saturated rings. The summed E-state index contributed by atoms with van der Waals surface area (Å²) in [6.07, 6.45) is 2.43. The Morgan fingerprint density at radius 3 is 2.79 bits per heavy atom. The maximum Gasteiger partial charge on any atom is 0.191 e. The summed E-state index contributed by atoms with van der Waals surface area (Å²) in [7, 11) is 1.85. The molecule has 5 nitrogen and oxygen atoms in total. The van der Waals surface area contributed by atoms with Crippen LogP contribution in [0.4, 0.5) is 0 Å². The molecule has 0 radical (unpaired) electrons. The third-order valence-electron chi connectivity index (χ3n) is 4.90. The predicted octanol–water partition coefficient (Wildman–Crippen LogP) is 1.85. The molecule has 0 amide bonds. The van der Waals surface area contributed by atoms with E-state index in [1.165, 1.54) is 24.9 Å². The fraction of sp³-hybridized carbons (Fsp3) is 0.632. The summed E-state index contributed by atoms with van der Waals surface area (Å²) < 4.78 is 5.32. The number of ether oxygens (including phenoxy) is 1. The topological polar surface area (TPSA) is 48.9 Å². The summed E-state index contributed by atoms with van der Waals surface area (Å²) in [5.41, 5.74) is 1.64. The van der Waals surface area contributed by atoms with Crippen molar-refractivity contribution in [3.63, 3.8) is 0 Å². The van der Waals surface area contributed by atoms with Gasteiger partial charge in [0, 0.05) is 38.1 Å². The molecule has 5 heteroatoms. The molecule has 0 bridgehead atoms. The van der Waals surface area contributed by atoms with Crippen molar-refractivity contribution < 1.29 is 4.74 Å². The van der Waals surface area contributed by atoms with Crippen molar-refractivity contribution in [3.05, 3.63) is 35.9 Å². The first kappa shape index (κ1) is 17.2. The van der Waals surface area contributed by atoms with Crippen LogP contribution in [0.1, 0.15) is 25.3 Å². The normalized spacial score (nSPS) is 24.2. The Kier molecular flexibility index (Phi) is 5.74. The standard InChI is InChI=1S/C19H30N4O/c1-19(14-24-15-19)13-21-18(20-2)22-17-9-6-10-23(12-17)11-16-7-4-3-5-8-16/h3-5,7-8,17H,6,9-15H2,1-2H3,(H2,20,21,22). The van der Waals surface area contributed by atoms with Crippen LogP contribution in [-0.4, -0.2) is 56.8 Å². The Morgan fingerprint density at radius 2 is 2.12 bits per heavy atom. The SMILES string of the molecule is CN=C(NCC1(C)COC1)NC1CCCN(Cc2ccccc2)C1. The minimum Gasteiger partial charge on any atom is -0.380 e. The zero-order chi connectivity index (χ0) is 16.8. The molecule has 0 aromatic heterocycles. The van der Waals surface area contributed by atoms with Crippen LogP contribution in [0.25, 0.3) is 0 Å². The molecular weight excluding hydrogens is 300 g/mol. The second-order valence-electron chi connectivity index (χ2n) is 7.43. The lowest BCUT2D eigenvalue weighted by molar-refractivity contribution is -0.0971. The van der Waals surface area contributed by atoms with E-state index in [1.807, 2.05) is 7.05 Å². The van der Waals surface area contributed by atoms with Gasteiger partial charge in [0.05, 0.1) is 13.2 Å². The number of hydrogen-bond donors (Lipinski definition) is 2. The van der Waals surface area contributed by atoms with Crippen molar-refractivity contribution in [3.8, 4) is 0 Å². The van der Waals surface area contributed by atoms with Crippen LogP contribution in [-0.2, 0) is 11.3 Å². The largest absolute Gasteiger partial charge is 0.380 e. The molecule has 0 saturated carbocycles. The Bertz CT molecular complexity index is 542. The van der Waals surface area contributed by atoms with Crippen LogP contribution in [0.2, 0.25) is 0 Å². The Balaban J connectivity index is 1.47. The van der Waals surface area contributed by atoms with Crippen molar-refractivity contribution in [2.24, 2.45) is 10.4 Å². The van der Waals surface area contributed by atoms with E-state index in [-0.39, 0.29) is 5.41 Å². The molecular formula is C19H30N4O. The highest BCUT2D eigenvalue weighted by Crippen LogP contribution is 2.25. The fourth-order valence-electron chi connectivity index (χ4n) is 3.40. The molecule has 0 aliphatic carbocycles. The molecule has 1 unspecified atom stereocenters. The predicted molar refractivity (Wildman–Crippen MR) is 98.2 cm³/mol. The van der Waals surface area contributed by atoms with Gasteiger partial charge in [0.1, 0.15) is 0 Å². The number of aliphatic imine (C=N–C) groups is 1. The van der Waals surface area contributed by atoms with Crippen molar-refractivity contribution in [1.82, 2.24) is 15.5 Å². The van der Waals surface area contributed by atoms with Crippen LogP contribution in [0.3, 0.4) is 0 Å². The van der Waals surface area contributed by atoms with E-state index in [9.17, 15) is 0 Å². The average molecular weight is 330 g/mol. The lowest BCUT2D eigenvalue weighted by Crippen LogP contribution is -2.54. The zero-order valence-corrected chi connectivity index (χ0v) is 14.9. The molecule has 3 rings (SSSR count). The molecule has 2 N–H and O–H groups in total. The van der Waals surface area contributed by atoms with Crippen molar-refractivity contribution >= 4 is 5.96 Å². The van der Waals surface area contributed by atoms with Crippen molar-refractivity contribution in [2.75, 3.05) is 39.9 Å². The van der Waals surface area contributed by atoms with Gasteiger partial charge in [-0.15, -0.1) is 0 Å². The van der Waals surface area contributed by atoms with E-state index < -0.39 is 0 Å². The molecule has 1 aromatic carbocycles. The van der Waals surface area contributed by atoms with Gasteiger partial charge in [-0.1, -0.05) is 37.3 Å². The first-order chi connectivity index (χ1) is 11.7. The number of nitrogens with zero attached hydrogens (tertiary/aromatic N) is 2. The molecule has 1 atom stereocenters. The third-order valence-corrected chi connectivity index (χ3v) is 4.90. The summed E-state index contributed by atoms with van der Waals surface area (Å²) in [6.45, 7) is 8.10. The smallest absolute Gasteiger partial charge is 0.191 e. The molecule has 0 spiro atoms. The Labute approximate surface area is 145 Å². The fourth-order valence-corrected chi connectivity index (χ4v) is 3.40. The van der Waals surface area contributed by atoms with E-state index in [4.69, 9.17) is 4.74 Å². The molecule has 2 heterocycles.